The third-order valence-corrected chi connectivity index (χ3v) is 4.06. The zero-order valence-corrected chi connectivity index (χ0v) is 12.9. The lowest BCUT2D eigenvalue weighted by molar-refractivity contribution is 0.673. The van der Waals surface area contributed by atoms with Gasteiger partial charge in [-0.2, -0.15) is 0 Å². The molecule has 3 nitrogen and oxygen atoms in total. The van der Waals surface area contributed by atoms with E-state index in [1.54, 1.807) is 0 Å². The maximum atomic E-state index is 6.35. The zero-order valence-electron chi connectivity index (χ0n) is 12.1. The summed E-state index contributed by atoms with van der Waals surface area (Å²) in [6, 6.07) is 2.03. The number of pyridine rings is 1. The van der Waals surface area contributed by atoms with Crippen LogP contribution in [0.15, 0.2) is 12.3 Å². The fourth-order valence-electron chi connectivity index (χ4n) is 2.35. The first-order valence-electron chi connectivity index (χ1n) is 7.18. The molecule has 1 N–H and O–H groups in total. The molecule has 2 atom stereocenters. The Balaban J connectivity index is 1.93. The van der Waals surface area contributed by atoms with E-state index in [2.05, 4.69) is 36.1 Å². The molecule has 1 heterocycles. The maximum absolute atomic E-state index is 6.35. The van der Waals surface area contributed by atoms with E-state index in [1.807, 2.05) is 12.3 Å². The first kappa shape index (κ1) is 14.6. The summed E-state index contributed by atoms with van der Waals surface area (Å²) >= 11 is 6.35. The van der Waals surface area contributed by atoms with Crippen LogP contribution in [0.2, 0.25) is 5.02 Å². The van der Waals surface area contributed by atoms with Crippen LogP contribution in [0.1, 0.15) is 32.3 Å². The zero-order chi connectivity index (χ0) is 13.8. The number of nitrogens with zero attached hydrogens (tertiary/aromatic N) is 2. The van der Waals surface area contributed by atoms with Gasteiger partial charge in [0.15, 0.2) is 0 Å². The Hall–Kier alpha value is -0.800. The predicted octanol–water partition coefficient (Wildman–Crippen LogP) is 3.33. The molecule has 19 heavy (non-hydrogen) atoms. The van der Waals surface area contributed by atoms with E-state index in [0.717, 1.165) is 54.3 Å². The first-order valence-corrected chi connectivity index (χ1v) is 7.56. The van der Waals surface area contributed by atoms with E-state index in [4.69, 9.17) is 11.6 Å². The van der Waals surface area contributed by atoms with Crippen molar-refractivity contribution in [3.05, 3.63) is 22.8 Å². The SMILES string of the molecule is CCCNCc1cnc(N(C)CC2CC2C)c(Cl)c1. The highest BCUT2D eigenvalue weighted by atomic mass is 35.5. The Bertz CT molecular complexity index is 422. The molecule has 0 bridgehead atoms. The Kier molecular flexibility index (Phi) is 5.06. The smallest absolute Gasteiger partial charge is 0.147 e. The van der Waals surface area contributed by atoms with Crippen LogP contribution in [0.4, 0.5) is 5.82 Å². The summed E-state index contributed by atoms with van der Waals surface area (Å²) in [5.41, 5.74) is 1.15. The van der Waals surface area contributed by atoms with Gasteiger partial charge in [-0.05, 0) is 42.9 Å². The van der Waals surface area contributed by atoms with Crippen LogP contribution in [0.3, 0.4) is 0 Å². The van der Waals surface area contributed by atoms with Gasteiger partial charge in [-0.1, -0.05) is 25.4 Å². The summed E-state index contributed by atoms with van der Waals surface area (Å²) < 4.78 is 0. The molecule has 2 unspecified atom stereocenters. The molecule has 106 valence electrons. The largest absolute Gasteiger partial charge is 0.358 e. The van der Waals surface area contributed by atoms with Crippen LogP contribution in [0.25, 0.3) is 0 Å². The first-order chi connectivity index (χ1) is 9.11. The Labute approximate surface area is 121 Å². The number of halogens is 1. The van der Waals surface area contributed by atoms with Gasteiger partial charge in [-0.25, -0.2) is 4.98 Å². The van der Waals surface area contributed by atoms with Crippen molar-refractivity contribution in [3.63, 3.8) is 0 Å². The van der Waals surface area contributed by atoms with Gasteiger partial charge in [-0.3, -0.25) is 0 Å². The van der Waals surface area contributed by atoms with Gasteiger partial charge in [0.1, 0.15) is 5.82 Å². The van der Waals surface area contributed by atoms with Gasteiger partial charge in [0, 0.05) is 26.3 Å². The fraction of sp³-hybridized carbons (Fsp3) is 0.667. The summed E-state index contributed by atoms with van der Waals surface area (Å²) in [6.07, 6.45) is 4.40. The summed E-state index contributed by atoms with van der Waals surface area (Å²) in [5, 5.41) is 4.12. The molecule has 1 aromatic heterocycles. The topological polar surface area (TPSA) is 28.2 Å². The molecule has 2 rings (SSSR count). The second-order valence-electron chi connectivity index (χ2n) is 5.68. The van der Waals surface area contributed by atoms with Crippen molar-refractivity contribution in [2.75, 3.05) is 25.0 Å². The Morgan fingerprint density at radius 1 is 1.53 bits per heavy atom. The second kappa shape index (κ2) is 6.58. The minimum absolute atomic E-state index is 0.756. The van der Waals surface area contributed by atoms with E-state index < -0.39 is 0 Å². The van der Waals surface area contributed by atoms with Crippen LogP contribution in [0, 0.1) is 11.8 Å². The van der Waals surface area contributed by atoms with Crippen molar-refractivity contribution >= 4 is 17.4 Å². The van der Waals surface area contributed by atoms with Gasteiger partial charge >= 0.3 is 0 Å². The molecule has 1 aromatic rings. The molecule has 0 aliphatic heterocycles. The third-order valence-electron chi connectivity index (χ3n) is 3.78. The molecule has 1 saturated carbocycles. The van der Waals surface area contributed by atoms with Crippen LogP contribution in [-0.4, -0.2) is 25.1 Å². The van der Waals surface area contributed by atoms with Gasteiger partial charge < -0.3 is 10.2 Å². The van der Waals surface area contributed by atoms with Crippen molar-refractivity contribution in [1.29, 1.82) is 0 Å². The van der Waals surface area contributed by atoms with E-state index in [-0.39, 0.29) is 0 Å². The molecular weight excluding hydrogens is 258 g/mol. The molecular formula is C15H24ClN3. The summed E-state index contributed by atoms with van der Waals surface area (Å²) in [6.45, 7) is 7.38. The van der Waals surface area contributed by atoms with E-state index in [9.17, 15) is 0 Å². The quantitative estimate of drug-likeness (QED) is 0.777. The maximum Gasteiger partial charge on any atom is 0.147 e. The highest BCUT2D eigenvalue weighted by molar-refractivity contribution is 6.33. The second-order valence-corrected chi connectivity index (χ2v) is 6.09. The molecule has 0 radical (unpaired) electrons. The molecule has 0 aromatic carbocycles. The van der Waals surface area contributed by atoms with E-state index >= 15 is 0 Å². The number of rotatable bonds is 7. The standard InChI is InChI=1S/C15H24ClN3/c1-4-5-17-8-12-7-14(16)15(18-9-12)19(3)10-13-6-11(13)2/h7,9,11,13,17H,4-6,8,10H2,1-3H3. The minimum atomic E-state index is 0.756. The average Bonchev–Trinajstić information content (AvgIpc) is 3.05. The molecule has 4 heteroatoms. The van der Waals surface area contributed by atoms with E-state index in [0.29, 0.717) is 0 Å². The lowest BCUT2D eigenvalue weighted by Crippen LogP contribution is -2.22. The molecule has 0 saturated heterocycles. The minimum Gasteiger partial charge on any atom is -0.358 e. The molecule has 1 fully saturated rings. The predicted molar refractivity (Wildman–Crippen MR) is 81.8 cm³/mol. The monoisotopic (exact) mass is 281 g/mol. The number of aromatic nitrogens is 1. The Morgan fingerprint density at radius 2 is 2.26 bits per heavy atom. The van der Waals surface area contributed by atoms with Crippen LogP contribution in [-0.2, 0) is 6.54 Å². The van der Waals surface area contributed by atoms with Gasteiger partial charge in [0.05, 0.1) is 5.02 Å². The fourth-order valence-corrected chi connectivity index (χ4v) is 2.68. The molecule has 0 amide bonds. The van der Waals surface area contributed by atoms with Crippen molar-refractivity contribution in [2.24, 2.45) is 11.8 Å². The number of hydrogen-bond acceptors (Lipinski definition) is 3. The normalized spacial score (nSPS) is 21.5. The highest BCUT2D eigenvalue weighted by Gasteiger charge is 2.33. The lowest BCUT2D eigenvalue weighted by Gasteiger charge is -2.19. The van der Waals surface area contributed by atoms with Crippen molar-refractivity contribution < 1.29 is 0 Å². The number of hydrogen-bond donors (Lipinski definition) is 1. The van der Waals surface area contributed by atoms with Crippen LogP contribution < -0.4 is 10.2 Å². The van der Waals surface area contributed by atoms with E-state index in [1.165, 1.54) is 6.42 Å². The summed E-state index contributed by atoms with van der Waals surface area (Å²) in [7, 11) is 2.08. The van der Waals surface area contributed by atoms with Crippen molar-refractivity contribution in [3.8, 4) is 0 Å². The highest BCUT2D eigenvalue weighted by Crippen LogP contribution is 2.39. The van der Waals surface area contributed by atoms with Crippen molar-refractivity contribution in [1.82, 2.24) is 10.3 Å². The lowest BCUT2D eigenvalue weighted by atomic mass is 10.2. The van der Waals surface area contributed by atoms with Crippen LogP contribution in [0.5, 0.6) is 0 Å². The van der Waals surface area contributed by atoms with Crippen LogP contribution >= 0.6 is 11.6 Å². The third kappa shape index (κ3) is 4.08. The van der Waals surface area contributed by atoms with Gasteiger partial charge in [0.25, 0.3) is 0 Å². The average molecular weight is 282 g/mol. The van der Waals surface area contributed by atoms with Crippen molar-refractivity contribution in [2.45, 2.75) is 33.2 Å². The summed E-state index contributed by atoms with van der Waals surface area (Å²) in [5.74, 6) is 2.58. The van der Waals surface area contributed by atoms with Gasteiger partial charge in [-0.15, -0.1) is 0 Å². The number of nitrogens with one attached hydrogen (secondary N) is 1. The number of anilines is 1. The molecule has 1 aliphatic rings. The molecule has 1 aliphatic carbocycles. The molecule has 0 spiro atoms. The summed E-state index contributed by atoms with van der Waals surface area (Å²) in [4.78, 5) is 6.70. The Morgan fingerprint density at radius 3 is 2.84 bits per heavy atom. The van der Waals surface area contributed by atoms with Gasteiger partial charge in [0.2, 0.25) is 0 Å².